The van der Waals surface area contributed by atoms with Crippen molar-refractivity contribution in [2.24, 2.45) is 11.3 Å². The highest BCUT2D eigenvalue weighted by Gasteiger charge is 2.43. The summed E-state index contributed by atoms with van der Waals surface area (Å²) in [4.78, 5) is 16.6. The summed E-state index contributed by atoms with van der Waals surface area (Å²) in [5, 5.41) is 22.5. The molecule has 24 heavy (non-hydrogen) atoms. The van der Waals surface area contributed by atoms with E-state index >= 15 is 0 Å². The zero-order valence-corrected chi connectivity index (χ0v) is 15.5. The van der Waals surface area contributed by atoms with Gasteiger partial charge in [-0.15, -0.1) is 0 Å². The Morgan fingerprint density at radius 3 is 2.21 bits per heavy atom. The Hall–Kier alpha value is -1.16. The van der Waals surface area contributed by atoms with Crippen LogP contribution in [-0.2, 0) is 4.79 Å². The predicted octanol–water partition coefficient (Wildman–Crippen LogP) is 0.819. The van der Waals surface area contributed by atoms with Crippen molar-refractivity contribution in [3.05, 3.63) is 0 Å². The number of aliphatic hydroxyl groups excluding tert-OH is 1. The maximum absolute atomic E-state index is 12.3. The van der Waals surface area contributed by atoms with E-state index in [1.165, 1.54) is 0 Å². The van der Waals surface area contributed by atoms with Crippen LogP contribution in [0.15, 0.2) is 0 Å². The summed E-state index contributed by atoms with van der Waals surface area (Å²) in [5.74, 6) is 0.247. The van der Waals surface area contributed by atoms with E-state index in [1.54, 1.807) is 0 Å². The molecule has 1 aliphatic carbocycles. The topological polar surface area (TPSA) is 79.6 Å². The number of rotatable bonds is 6. The minimum absolute atomic E-state index is 0.0610. The molecule has 2 aliphatic rings. The second-order valence-corrected chi connectivity index (χ2v) is 8.60. The minimum Gasteiger partial charge on any atom is -0.391 e. The Kier molecular flexibility index (Phi) is 5.90. The molecule has 2 rings (SSSR count). The average molecular weight is 336 g/mol. The zero-order chi connectivity index (χ0) is 18.0. The predicted molar refractivity (Wildman–Crippen MR) is 93.2 cm³/mol. The van der Waals surface area contributed by atoms with Crippen molar-refractivity contribution in [3.8, 4) is 6.07 Å². The van der Waals surface area contributed by atoms with Gasteiger partial charge < -0.3 is 10.4 Å². The fourth-order valence-corrected chi connectivity index (χ4v) is 3.06. The van der Waals surface area contributed by atoms with Crippen molar-refractivity contribution in [3.63, 3.8) is 0 Å². The lowest BCUT2D eigenvalue weighted by Crippen LogP contribution is -2.54. The number of β-amino-alcohol motifs (C(OH)–C–C–N with tert-alkyl or cyclic N) is 1. The highest BCUT2D eigenvalue weighted by atomic mass is 16.3. The van der Waals surface area contributed by atoms with E-state index < -0.39 is 5.54 Å². The molecule has 1 aliphatic heterocycles. The van der Waals surface area contributed by atoms with Crippen LogP contribution < -0.4 is 5.32 Å². The summed E-state index contributed by atoms with van der Waals surface area (Å²) in [6.45, 7) is 12.3. The van der Waals surface area contributed by atoms with E-state index in [0.717, 1.165) is 39.0 Å². The Morgan fingerprint density at radius 1 is 1.21 bits per heavy atom. The van der Waals surface area contributed by atoms with Gasteiger partial charge in [-0.3, -0.25) is 14.6 Å². The minimum atomic E-state index is -0.713. The largest absolute Gasteiger partial charge is 0.391 e. The molecule has 1 amide bonds. The number of nitriles is 1. The highest BCUT2D eigenvalue weighted by molar-refractivity contribution is 5.79. The van der Waals surface area contributed by atoms with Crippen molar-refractivity contribution >= 4 is 5.91 Å². The lowest BCUT2D eigenvalue weighted by molar-refractivity contribution is -0.124. The molecule has 1 saturated heterocycles. The maximum atomic E-state index is 12.3. The van der Waals surface area contributed by atoms with E-state index in [0.29, 0.717) is 19.0 Å². The average Bonchev–Trinajstić information content (AvgIpc) is 3.33. The first-order valence-electron chi connectivity index (χ1n) is 8.99. The van der Waals surface area contributed by atoms with Crippen molar-refractivity contribution in [2.45, 2.75) is 52.2 Å². The molecule has 136 valence electrons. The lowest BCUT2D eigenvalue weighted by atomic mass is 9.89. The first-order chi connectivity index (χ1) is 11.1. The number of hydrogen-bond acceptors (Lipinski definition) is 5. The highest BCUT2D eigenvalue weighted by Crippen LogP contribution is 2.39. The van der Waals surface area contributed by atoms with Crippen LogP contribution in [0.4, 0.5) is 0 Å². The summed E-state index contributed by atoms with van der Waals surface area (Å²) >= 11 is 0. The molecule has 0 spiro atoms. The molecule has 0 unspecified atom stereocenters. The molecule has 1 heterocycles. The van der Waals surface area contributed by atoms with Gasteiger partial charge in [0.15, 0.2) is 0 Å². The third kappa shape index (κ3) is 5.17. The van der Waals surface area contributed by atoms with Crippen molar-refractivity contribution in [2.75, 3.05) is 39.3 Å². The van der Waals surface area contributed by atoms with Gasteiger partial charge in [0.25, 0.3) is 0 Å². The van der Waals surface area contributed by atoms with Crippen LogP contribution in [0, 0.1) is 22.7 Å². The second kappa shape index (κ2) is 7.38. The Balaban J connectivity index is 1.73. The Labute approximate surface area is 145 Å². The molecule has 2 N–H and O–H groups in total. The lowest BCUT2D eigenvalue weighted by Gasteiger charge is -2.38. The maximum Gasteiger partial charge on any atom is 0.235 e. The number of nitrogens with one attached hydrogen (secondary N) is 1. The first-order valence-corrected chi connectivity index (χ1v) is 8.99. The third-order valence-electron chi connectivity index (χ3n) is 5.29. The van der Waals surface area contributed by atoms with E-state index in [1.807, 2.05) is 27.7 Å². The van der Waals surface area contributed by atoms with E-state index in [4.69, 9.17) is 0 Å². The number of nitrogens with zero attached hydrogens (tertiary/aromatic N) is 3. The van der Waals surface area contributed by atoms with Gasteiger partial charge in [0.05, 0.1) is 18.7 Å². The van der Waals surface area contributed by atoms with Crippen LogP contribution in [0.2, 0.25) is 0 Å². The molecule has 0 radical (unpaired) electrons. The Bertz CT molecular complexity index is 484. The third-order valence-corrected chi connectivity index (χ3v) is 5.29. The first kappa shape index (κ1) is 19.2. The smallest absolute Gasteiger partial charge is 0.235 e. The van der Waals surface area contributed by atoms with Crippen molar-refractivity contribution in [1.29, 1.82) is 5.26 Å². The van der Waals surface area contributed by atoms with Crippen molar-refractivity contribution < 1.29 is 9.90 Å². The fraction of sp³-hybridized carbons (Fsp3) is 0.889. The van der Waals surface area contributed by atoms with Crippen LogP contribution in [0.5, 0.6) is 0 Å². The van der Waals surface area contributed by atoms with Gasteiger partial charge in [-0.1, -0.05) is 20.8 Å². The Morgan fingerprint density at radius 2 is 1.75 bits per heavy atom. The van der Waals surface area contributed by atoms with E-state index in [2.05, 4.69) is 21.2 Å². The number of aliphatic hydroxyl groups is 1. The molecule has 2 atom stereocenters. The quantitative estimate of drug-likeness (QED) is 0.751. The molecule has 0 bridgehead atoms. The monoisotopic (exact) mass is 336 g/mol. The number of hydrogen-bond donors (Lipinski definition) is 2. The van der Waals surface area contributed by atoms with Gasteiger partial charge in [0.1, 0.15) is 5.54 Å². The summed E-state index contributed by atoms with van der Waals surface area (Å²) < 4.78 is 0. The van der Waals surface area contributed by atoms with Crippen molar-refractivity contribution in [1.82, 2.24) is 15.1 Å². The number of piperazine rings is 1. The molecule has 6 heteroatoms. The summed E-state index contributed by atoms with van der Waals surface area (Å²) in [6.07, 6.45) is 1.71. The van der Waals surface area contributed by atoms with Gasteiger partial charge in [0.2, 0.25) is 5.91 Å². The molecule has 0 aromatic rings. The summed E-state index contributed by atoms with van der Waals surface area (Å²) in [6, 6.07) is 2.26. The molecule has 1 saturated carbocycles. The molecular formula is C18H32N4O2. The second-order valence-electron chi connectivity index (χ2n) is 8.60. The van der Waals surface area contributed by atoms with Gasteiger partial charge >= 0.3 is 0 Å². The standard InChI is InChI=1S/C18H32N4O2/c1-17(2,3)15(23)11-21-7-9-22(10-8-21)12-16(24)20-18(4,13-19)14-5-6-14/h14-15,23H,5-12H2,1-4H3,(H,20,24)/t15-,18+/m0/s1. The molecular weight excluding hydrogens is 304 g/mol. The number of carbonyl (C=O) groups is 1. The van der Waals surface area contributed by atoms with Crippen LogP contribution in [-0.4, -0.2) is 71.7 Å². The molecule has 2 fully saturated rings. The van der Waals surface area contributed by atoms with Gasteiger partial charge in [-0.2, -0.15) is 5.26 Å². The SMILES string of the molecule is CC(C)(C)[C@@H](O)CN1CCN(CC(=O)N[C@](C)(C#N)C2CC2)CC1. The molecule has 0 aromatic heterocycles. The van der Waals surface area contributed by atoms with Gasteiger partial charge in [-0.25, -0.2) is 0 Å². The van der Waals surface area contributed by atoms with Crippen LogP contribution in [0.1, 0.15) is 40.5 Å². The van der Waals surface area contributed by atoms with Gasteiger partial charge in [0, 0.05) is 32.7 Å². The number of carbonyl (C=O) groups excluding carboxylic acids is 1. The number of amides is 1. The summed E-state index contributed by atoms with van der Waals surface area (Å²) in [7, 11) is 0. The van der Waals surface area contributed by atoms with E-state index in [-0.39, 0.29) is 17.4 Å². The van der Waals surface area contributed by atoms with Gasteiger partial charge in [-0.05, 0) is 31.1 Å². The van der Waals surface area contributed by atoms with Crippen LogP contribution >= 0.6 is 0 Å². The molecule has 0 aromatic carbocycles. The van der Waals surface area contributed by atoms with E-state index in [9.17, 15) is 15.2 Å². The van der Waals surface area contributed by atoms with Crippen LogP contribution in [0.3, 0.4) is 0 Å². The zero-order valence-electron chi connectivity index (χ0n) is 15.5. The summed E-state index contributed by atoms with van der Waals surface area (Å²) in [5.41, 5.74) is -0.822. The fourth-order valence-electron chi connectivity index (χ4n) is 3.06. The van der Waals surface area contributed by atoms with Crippen LogP contribution in [0.25, 0.3) is 0 Å². The normalized spacial score (nSPS) is 24.0. The molecule has 6 nitrogen and oxygen atoms in total.